The zero-order valence-electron chi connectivity index (χ0n) is 10.3. The molecule has 0 saturated carbocycles. The van der Waals surface area contributed by atoms with Gasteiger partial charge in [-0.05, 0) is 6.92 Å². The zero-order valence-corrected chi connectivity index (χ0v) is 11.1. The number of aliphatic hydroxyl groups is 1. The molecule has 1 aromatic rings. The van der Waals surface area contributed by atoms with Gasteiger partial charge in [-0.3, -0.25) is 9.78 Å². The molecule has 0 spiro atoms. The third-order valence-corrected chi connectivity index (χ3v) is 3.57. The molecule has 9 nitrogen and oxygen atoms in total. The maximum absolute atomic E-state index is 11.7. The Kier molecular flexibility index (Phi) is 5.42. The van der Waals surface area contributed by atoms with E-state index in [1.807, 2.05) is 4.98 Å². The largest absolute Gasteiger partial charge is 0.392 e. The summed E-state index contributed by atoms with van der Waals surface area (Å²) in [6.07, 6.45) is 0.311. The molecule has 0 aromatic carbocycles. The molecule has 0 fully saturated rings. The summed E-state index contributed by atoms with van der Waals surface area (Å²) >= 11 is 0. The van der Waals surface area contributed by atoms with Gasteiger partial charge in [-0.1, -0.05) is 0 Å². The van der Waals surface area contributed by atoms with E-state index in [9.17, 15) is 18.0 Å². The summed E-state index contributed by atoms with van der Waals surface area (Å²) in [4.78, 5) is 25.5. The molecule has 0 aliphatic carbocycles. The van der Waals surface area contributed by atoms with Crippen molar-refractivity contribution in [1.82, 2.24) is 20.0 Å². The van der Waals surface area contributed by atoms with Gasteiger partial charge in [0.15, 0.2) is 4.90 Å². The maximum atomic E-state index is 11.7. The topological polar surface area (TPSA) is 144 Å². The number of hydrogen-bond donors (Lipinski definition) is 5. The van der Waals surface area contributed by atoms with E-state index in [0.717, 1.165) is 6.20 Å². The van der Waals surface area contributed by atoms with Crippen molar-refractivity contribution in [3.05, 3.63) is 27.0 Å². The Bertz CT molecular complexity index is 618. The minimum absolute atomic E-state index is 0.0492. The standard InChI is InChI=1S/C9H16N4O5S/c1-6(14)4-10-2-3-12-19(17,18)7-5-11-9(16)13-8(7)15/h5-6,10,12,14H,2-4H2,1H3,(H2,11,13,15,16). The second kappa shape index (κ2) is 6.61. The Hall–Kier alpha value is -1.49. The quantitative estimate of drug-likeness (QED) is 0.346. The highest BCUT2D eigenvalue weighted by Crippen LogP contribution is 1.96. The smallest absolute Gasteiger partial charge is 0.325 e. The van der Waals surface area contributed by atoms with Gasteiger partial charge in [0.25, 0.3) is 5.56 Å². The summed E-state index contributed by atoms with van der Waals surface area (Å²) in [6.45, 7) is 2.27. The van der Waals surface area contributed by atoms with Crippen LogP contribution in [0.3, 0.4) is 0 Å². The third-order valence-electron chi connectivity index (χ3n) is 2.11. The van der Waals surface area contributed by atoms with Crippen molar-refractivity contribution in [1.29, 1.82) is 0 Å². The summed E-state index contributed by atoms with van der Waals surface area (Å²) in [7, 11) is -3.97. The molecule has 0 amide bonds. The number of hydrogen-bond acceptors (Lipinski definition) is 6. The second-order valence-electron chi connectivity index (χ2n) is 3.89. The van der Waals surface area contributed by atoms with Crippen molar-refractivity contribution < 1.29 is 13.5 Å². The molecule has 19 heavy (non-hydrogen) atoms. The Morgan fingerprint density at radius 2 is 2.05 bits per heavy atom. The van der Waals surface area contributed by atoms with Crippen molar-refractivity contribution in [3.8, 4) is 0 Å². The van der Waals surface area contributed by atoms with Gasteiger partial charge in [-0.2, -0.15) is 0 Å². The molecule has 0 aliphatic heterocycles. The van der Waals surface area contributed by atoms with Crippen LogP contribution in [0.4, 0.5) is 0 Å². The second-order valence-corrected chi connectivity index (χ2v) is 5.62. The van der Waals surface area contributed by atoms with Gasteiger partial charge in [0.1, 0.15) is 0 Å². The van der Waals surface area contributed by atoms with Gasteiger partial charge in [-0.15, -0.1) is 0 Å². The monoisotopic (exact) mass is 292 g/mol. The van der Waals surface area contributed by atoms with E-state index >= 15 is 0 Å². The number of aromatic amines is 2. The van der Waals surface area contributed by atoms with Gasteiger partial charge >= 0.3 is 5.69 Å². The van der Waals surface area contributed by atoms with Crippen LogP contribution in [0.5, 0.6) is 0 Å². The first-order chi connectivity index (χ1) is 8.83. The average Bonchev–Trinajstić information content (AvgIpc) is 2.27. The molecular weight excluding hydrogens is 276 g/mol. The van der Waals surface area contributed by atoms with Crippen LogP contribution in [0.25, 0.3) is 0 Å². The molecule has 0 saturated heterocycles. The van der Waals surface area contributed by atoms with E-state index in [0.29, 0.717) is 13.1 Å². The number of H-pyrrole nitrogens is 2. The molecular formula is C9H16N4O5S. The highest BCUT2D eigenvalue weighted by molar-refractivity contribution is 7.89. The Morgan fingerprint density at radius 3 is 2.63 bits per heavy atom. The molecule has 0 aliphatic rings. The lowest BCUT2D eigenvalue weighted by Crippen LogP contribution is -2.37. The first-order valence-electron chi connectivity index (χ1n) is 5.53. The van der Waals surface area contributed by atoms with E-state index in [1.54, 1.807) is 6.92 Å². The Morgan fingerprint density at radius 1 is 1.37 bits per heavy atom. The van der Waals surface area contributed by atoms with E-state index < -0.39 is 32.3 Å². The predicted molar refractivity (Wildman–Crippen MR) is 67.4 cm³/mol. The van der Waals surface area contributed by atoms with E-state index in [4.69, 9.17) is 5.11 Å². The summed E-state index contributed by atoms with van der Waals surface area (Å²) in [5.74, 6) is 0. The summed E-state index contributed by atoms with van der Waals surface area (Å²) in [6, 6.07) is 0. The first kappa shape index (κ1) is 15.6. The molecule has 108 valence electrons. The highest BCUT2D eigenvalue weighted by Gasteiger charge is 2.17. The minimum atomic E-state index is -3.97. The fraction of sp³-hybridized carbons (Fsp3) is 0.556. The molecule has 1 aromatic heterocycles. The minimum Gasteiger partial charge on any atom is -0.392 e. The van der Waals surface area contributed by atoms with Gasteiger partial charge < -0.3 is 15.4 Å². The SMILES string of the molecule is CC(O)CNCCNS(=O)(=O)c1c[nH]c(=O)[nH]c1=O. The fourth-order valence-electron chi connectivity index (χ4n) is 1.26. The summed E-state index contributed by atoms with van der Waals surface area (Å²) < 4.78 is 25.7. The van der Waals surface area contributed by atoms with Crippen molar-refractivity contribution in [3.63, 3.8) is 0 Å². The Labute approximate surface area is 109 Å². The lowest BCUT2D eigenvalue weighted by molar-refractivity contribution is 0.192. The maximum Gasteiger partial charge on any atom is 0.325 e. The van der Waals surface area contributed by atoms with Crippen molar-refractivity contribution in [2.75, 3.05) is 19.6 Å². The molecule has 0 bridgehead atoms. The van der Waals surface area contributed by atoms with Crippen LogP contribution in [0.15, 0.2) is 20.7 Å². The van der Waals surface area contributed by atoms with Crippen LogP contribution in [0, 0.1) is 0 Å². The number of sulfonamides is 1. The normalized spacial score (nSPS) is 13.4. The van der Waals surface area contributed by atoms with Crippen molar-refractivity contribution >= 4 is 10.0 Å². The Balaban J connectivity index is 2.61. The van der Waals surface area contributed by atoms with Crippen molar-refractivity contribution in [2.45, 2.75) is 17.9 Å². The predicted octanol–water partition coefficient (Wildman–Crippen LogP) is -2.69. The number of nitrogens with one attached hydrogen (secondary N) is 4. The molecule has 1 atom stereocenters. The van der Waals surface area contributed by atoms with Crippen LogP contribution in [0.1, 0.15) is 6.92 Å². The van der Waals surface area contributed by atoms with Gasteiger partial charge in [0.05, 0.1) is 6.10 Å². The molecule has 5 N–H and O–H groups in total. The average molecular weight is 292 g/mol. The molecule has 10 heteroatoms. The highest BCUT2D eigenvalue weighted by atomic mass is 32.2. The van der Waals surface area contributed by atoms with E-state index in [-0.39, 0.29) is 6.54 Å². The van der Waals surface area contributed by atoms with Gasteiger partial charge in [0.2, 0.25) is 10.0 Å². The van der Waals surface area contributed by atoms with Crippen molar-refractivity contribution in [2.24, 2.45) is 0 Å². The third kappa shape index (κ3) is 4.95. The molecule has 1 rings (SSSR count). The van der Waals surface area contributed by atoms with Crippen LogP contribution in [-0.2, 0) is 10.0 Å². The van der Waals surface area contributed by atoms with Gasteiger partial charge in [-0.25, -0.2) is 17.9 Å². The fourth-order valence-corrected chi connectivity index (χ4v) is 2.30. The number of aliphatic hydroxyl groups excluding tert-OH is 1. The number of aromatic nitrogens is 2. The summed E-state index contributed by atoms with van der Waals surface area (Å²) in [5.41, 5.74) is -1.75. The van der Waals surface area contributed by atoms with Crippen LogP contribution in [0.2, 0.25) is 0 Å². The van der Waals surface area contributed by atoms with Crippen LogP contribution < -0.4 is 21.3 Å². The zero-order chi connectivity index (χ0) is 14.5. The number of rotatable bonds is 7. The van der Waals surface area contributed by atoms with E-state index in [1.165, 1.54) is 0 Å². The lowest BCUT2D eigenvalue weighted by Gasteiger charge is -2.08. The van der Waals surface area contributed by atoms with Gasteiger partial charge in [0, 0.05) is 25.8 Å². The van der Waals surface area contributed by atoms with Crippen LogP contribution in [-0.4, -0.2) is 49.2 Å². The lowest BCUT2D eigenvalue weighted by atomic mass is 10.4. The van der Waals surface area contributed by atoms with Crippen LogP contribution >= 0.6 is 0 Å². The molecule has 1 heterocycles. The molecule has 0 radical (unpaired) electrons. The van der Waals surface area contributed by atoms with E-state index in [2.05, 4.69) is 15.0 Å². The molecule has 1 unspecified atom stereocenters. The first-order valence-corrected chi connectivity index (χ1v) is 7.01. The summed E-state index contributed by atoms with van der Waals surface area (Å²) in [5, 5.41) is 11.8.